The summed E-state index contributed by atoms with van der Waals surface area (Å²) in [5.41, 5.74) is 0. The van der Waals surface area contributed by atoms with Gasteiger partial charge in [-0.05, 0) is 25.7 Å². The normalized spacial score (nSPS) is 24.3. The minimum absolute atomic E-state index is 0.0882. The van der Waals surface area contributed by atoms with Gasteiger partial charge in [-0.1, -0.05) is 13.3 Å². The second kappa shape index (κ2) is 6.47. The number of ether oxygens (including phenoxy) is 2. The van der Waals surface area contributed by atoms with Gasteiger partial charge in [-0.25, -0.2) is 9.59 Å². The summed E-state index contributed by atoms with van der Waals surface area (Å²) in [6.45, 7) is 2.07. The summed E-state index contributed by atoms with van der Waals surface area (Å²) in [5.74, 6) is -0.351. The van der Waals surface area contributed by atoms with Crippen molar-refractivity contribution in [1.82, 2.24) is 4.90 Å². The Morgan fingerprint density at radius 2 is 1.94 bits per heavy atom. The van der Waals surface area contributed by atoms with E-state index in [0.717, 1.165) is 25.7 Å². The second-order valence-corrected chi connectivity index (χ2v) is 4.29. The van der Waals surface area contributed by atoms with Gasteiger partial charge in [-0.3, -0.25) is 4.90 Å². The Bertz CT molecular complexity index is 278. The molecule has 1 aliphatic rings. The molecule has 0 bridgehead atoms. The van der Waals surface area contributed by atoms with Crippen LogP contribution in [0.15, 0.2) is 0 Å². The molecule has 5 heteroatoms. The van der Waals surface area contributed by atoms with Crippen molar-refractivity contribution in [2.45, 2.75) is 51.1 Å². The van der Waals surface area contributed by atoms with Crippen LogP contribution in [0.1, 0.15) is 39.0 Å². The van der Waals surface area contributed by atoms with Gasteiger partial charge < -0.3 is 9.47 Å². The zero-order valence-electron chi connectivity index (χ0n) is 10.8. The van der Waals surface area contributed by atoms with Crippen LogP contribution in [0.2, 0.25) is 0 Å². The van der Waals surface area contributed by atoms with Crippen LogP contribution in [0.3, 0.4) is 0 Å². The molecule has 0 N–H and O–H groups in total. The third-order valence-corrected chi connectivity index (χ3v) is 3.22. The first kappa shape index (κ1) is 13.8. The first-order valence-corrected chi connectivity index (χ1v) is 6.09. The van der Waals surface area contributed by atoms with E-state index in [9.17, 15) is 9.59 Å². The number of piperidine rings is 1. The Labute approximate surface area is 102 Å². The molecule has 5 nitrogen and oxygen atoms in total. The van der Waals surface area contributed by atoms with E-state index < -0.39 is 12.1 Å². The van der Waals surface area contributed by atoms with Crippen molar-refractivity contribution < 1.29 is 19.1 Å². The maximum Gasteiger partial charge on any atom is 0.410 e. The number of hydrogen-bond acceptors (Lipinski definition) is 4. The topological polar surface area (TPSA) is 55.8 Å². The SMILES string of the molecule is CCCC1CCCC(C(=O)OC)N1C(=O)OC. The zero-order chi connectivity index (χ0) is 12.8. The average molecular weight is 243 g/mol. The van der Waals surface area contributed by atoms with Crippen LogP contribution in [0.4, 0.5) is 4.79 Å². The molecule has 1 saturated heterocycles. The number of amides is 1. The Hall–Kier alpha value is -1.26. The first-order chi connectivity index (χ1) is 8.15. The van der Waals surface area contributed by atoms with E-state index in [1.165, 1.54) is 14.2 Å². The smallest absolute Gasteiger partial charge is 0.410 e. The highest BCUT2D eigenvalue weighted by Crippen LogP contribution is 2.27. The summed E-state index contributed by atoms with van der Waals surface area (Å²) in [7, 11) is 2.69. The highest BCUT2D eigenvalue weighted by atomic mass is 16.5. The van der Waals surface area contributed by atoms with Crippen LogP contribution in [-0.2, 0) is 14.3 Å². The number of carbonyl (C=O) groups excluding carboxylic acids is 2. The van der Waals surface area contributed by atoms with E-state index in [2.05, 4.69) is 6.92 Å². The lowest BCUT2D eigenvalue weighted by molar-refractivity contribution is -0.148. The average Bonchev–Trinajstić information content (AvgIpc) is 2.37. The Morgan fingerprint density at radius 3 is 2.47 bits per heavy atom. The van der Waals surface area contributed by atoms with E-state index in [1.54, 1.807) is 4.90 Å². The van der Waals surface area contributed by atoms with Crippen molar-refractivity contribution in [3.8, 4) is 0 Å². The van der Waals surface area contributed by atoms with E-state index >= 15 is 0 Å². The Balaban J connectivity index is 2.86. The highest BCUT2D eigenvalue weighted by molar-refractivity contribution is 5.81. The molecule has 1 aliphatic heterocycles. The van der Waals surface area contributed by atoms with Crippen molar-refractivity contribution in [3.05, 3.63) is 0 Å². The molecule has 0 aliphatic carbocycles. The third-order valence-electron chi connectivity index (χ3n) is 3.22. The maximum absolute atomic E-state index is 11.8. The number of hydrogen-bond donors (Lipinski definition) is 0. The zero-order valence-corrected chi connectivity index (χ0v) is 10.8. The molecule has 0 aromatic heterocycles. The summed E-state index contributed by atoms with van der Waals surface area (Å²) in [5, 5.41) is 0. The van der Waals surface area contributed by atoms with E-state index in [1.807, 2.05) is 0 Å². The van der Waals surface area contributed by atoms with E-state index in [4.69, 9.17) is 9.47 Å². The van der Waals surface area contributed by atoms with Crippen LogP contribution < -0.4 is 0 Å². The van der Waals surface area contributed by atoms with Gasteiger partial charge in [0.2, 0.25) is 0 Å². The van der Waals surface area contributed by atoms with Gasteiger partial charge in [0.25, 0.3) is 0 Å². The molecule has 1 fully saturated rings. The number of rotatable bonds is 3. The molecule has 98 valence electrons. The quantitative estimate of drug-likeness (QED) is 0.711. The number of nitrogens with zero attached hydrogens (tertiary/aromatic N) is 1. The van der Waals surface area contributed by atoms with Gasteiger partial charge in [-0.15, -0.1) is 0 Å². The Morgan fingerprint density at radius 1 is 1.24 bits per heavy atom. The highest BCUT2D eigenvalue weighted by Gasteiger charge is 2.39. The molecule has 17 heavy (non-hydrogen) atoms. The summed E-state index contributed by atoms with van der Waals surface area (Å²) >= 11 is 0. The second-order valence-electron chi connectivity index (χ2n) is 4.29. The summed E-state index contributed by atoms with van der Waals surface area (Å²) in [4.78, 5) is 25.0. The molecule has 0 saturated carbocycles. The molecule has 2 unspecified atom stereocenters. The molecule has 0 aromatic carbocycles. The Kier molecular flexibility index (Phi) is 5.25. The first-order valence-electron chi connectivity index (χ1n) is 6.09. The van der Waals surface area contributed by atoms with Gasteiger partial charge in [0.1, 0.15) is 6.04 Å². The third kappa shape index (κ3) is 3.11. The predicted molar refractivity (Wildman–Crippen MR) is 62.6 cm³/mol. The molecule has 2 atom stereocenters. The van der Waals surface area contributed by atoms with E-state index in [-0.39, 0.29) is 12.0 Å². The van der Waals surface area contributed by atoms with Crippen molar-refractivity contribution in [2.24, 2.45) is 0 Å². The summed E-state index contributed by atoms with van der Waals surface area (Å²) in [6.07, 6.45) is 3.96. The van der Waals surface area contributed by atoms with Gasteiger partial charge >= 0.3 is 12.1 Å². The minimum Gasteiger partial charge on any atom is -0.467 e. The number of carbonyl (C=O) groups is 2. The van der Waals surface area contributed by atoms with Crippen molar-refractivity contribution in [2.75, 3.05) is 14.2 Å². The summed E-state index contributed by atoms with van der Waals surface area (Å²) in [6, 6.07) is -0.400. The number of likely N-dealkylation sites (tertiary alicyclic amines) is 1. The summed E-state index contributed by atoms with van der Waals surface area (Å²) < 4.78 is 9.52. The molecule has 1 heterocycles. The van der Waals surface area contributed by atoms with Gasteiger partial charge in [0, 0.05) is 6.04 Å². The van der Waals surface area contributed by atoms with Crippen molar-refractivity contribution >= 4 is 12.1 Å². The standard InChI is InChI=1S/C12H21NO4/c1-4-6-9-7-5-8-10(11(14)16-2)13(9)12(15)17-3/h9-10H,4-8H2,1-3H3. The van der Waals surface area contributed by atoms with Gasteiger partial charge in [-0.2, -0.15) is 0 Å². The minimum atomic E-state index is -0.488. The van der Waals surface area contributed by atoms with Gasteiger partial charge in [0.15, 0.2) is 0 Å². The number of methoxy groups -OCH3 is 2. The lowest BCUT2D eigenvalue weighted by atomic mass is 9.93. The monoisotopic (exact) mass is 243 g/mol. The van der Waals surface area contributed by atoms with Crippen LogP contribution in [0.25, 0.3) is 0 Å². The van der Waals surface area contributed by atoms with Crippen molar-refractivity contribution in [1.29, 1.82) is 0 Å². The van der Waals surface area contributed by atoms with Crippen LogP contribution in [0, 0.1) is 0 Å². The van der Waals surface area contributed by atoms with Crippen molar-refractivity contribution in [3.63, 3.8) is 0 Å². The van der Waals surface area contributed by atoms with Crippen LogP contribution in [-0.4, -0.2) is 43.3 Å². The van der Waals surface area contributed by atoms with Crippen LogP contribution >= 0.6 is 0 Å². The molecule has 1 rings (SSSR count). The van der Waals surface area contributed by atoms with Crippen LogP contribution in [0.5, 0.6) is 0 Å². The molecule has 0 spiro atoms. The lowest BCUT2D eigenvalue weighted by Crippen LogP contribution is -2.53. The van der Waals surface area contributed by atoms with E-state index in [0.29, 0.717) is 6.42 Å². The molecular weight excluding hydrogens is 222 g/mol. The fourth-order valence-corrected chi connectivity index (χ4v) is 2.45. The molecule has 0 aromatic rings. The lowest BCUT2D eigenvalue weighted by Gasteiger charge is -2.39. The molecule has 1 amide bonds. The maximum atomic E-state index is 11.8. The molecule has 0 radical (unpaired) electrons. The molecular formula is C12H21NO4. The predicted octanol–water partition coefficient (Wildman–Crippen LogP) is 1.95. The fourth-order valence-electron chi connectivity index (χ4n) is 2.45. The largest absolute Gasteiger partial charge is 0.467 e. The van der Waals surface area contributed by atoms with Gasteiger partial charge in [0.05, 0.1) is 14.2 Å². The fraction of sp³-hybridized carbons (Fsp3) is 0.833. The number of esters is 1.